The van der Waals surface area contributed by atoms with Crippen molar-refractivity contribution in [1.29, 1.82) is 0 Å². The van der Waals surface area contributed by atoms with Crippen LogP contribution in [0.2, 0.25) is 0 Å². The average Bonchev–Trinajstić information content (AvgIpc) is 2.78. The molecular formula is C23H26F6N2O3. The van der Waals surface area contributed by atoms with Crippen molar-refractivity contribution in [3.63, 3.8) is 0 Å². The summed E-state index contributed by atoms with van der Waals surface area (Å²) in [6, 6.07) is 5.40. The summed E-state index contributed by atoms with van der Waals surface area (Å²) in [5, 5.41) is 0. The summed E-state index contributed by atoms with van der Waals surface area (Å²) < 4.78 is 94.2. The molecule has 0 amide bonds. The van der Waals surface area contributed by atoms with Crippen molar-refractivity contribution in [2.75, 3.05) is 31.9 Å². The van der Waals surface area contributed by atoms with Gasteiger partial charge in [0.2, 0.25) is 0 Å². The molecule has 2 aromatic rings. The van der Waals surface area contributed by atoms with Gasteiger partial charge in [-0.2, -0.15) is 26.3 Å². The predicted molar refractivity (Wildman–Crippen MR) is 113 cm³/mol. The molecule has 188 valence electrons. The first-order chi connectivity index (χ1) is 16.0. The van der Waals surface area contributed by atoms with E-state index in [9.17, 15) is 26.3 Å². The Balaban J connectivity index is 1.77. The van der Waals surface area contributed by atoms with Gasteiger partial charge < -0.3 is 19.1 Å². The van der Waals surface area contributed by atoms with Crippen molar-refractivity contribution in [3.05, 3.63) is 47.7 Å². The monoisotopic (exact) mass is 492 g/mol. The Morgan fingerprint density at radius 1 is 1.00 bits per heavy atom. The summed E-state index contributed by atoms with van der Waals surface area (Å²) in [6.45, 7) is 2.72. The smallest absolute Gasteiger partial charge is 0.417 e. The molecule has 0 bridgehead atoms. The zero-order chi connectivity index (χ0) is 24.9. The summed E-state index contributed by atoms with van der Waals surface area (Å²) >= 11 is 0. The Morgan fingerprint density at radius 2 is 1.71 bits per heavy atom. The quantitative estimate of drug-likeness (QED) is 0.326. The molecule has 11 heteroatoms. The Hall–Kier alpha value is -2.69. The molecule has 1 aromatic heterocycles. The highest BCUT2D eigenvalue weighted by molar-refractivity contribution is 5.44. The van der Waals surface area contributed by atoms with Crippen molar-refractivity contribution in [2.24, 2.45) is 5.92 Å². The Bertz CT molecular complexity index is 934. The maximum Gasteiger partial charge on any atom is 0.417 e. The number of anilines is 1. The summed E-state index contributed by atoms with van der Waals surface area (Å²) in [6.07, 6.45) is -6.38. The predicted octanol–water partition coefficient (Wildman–Crippen LogP) is 6.18. The van der Waals surface area contributed by atoms with E-state index >= 15 is 0 Å². The van der Waals surface area contributed by atoms with E-state index in [4.69, 9.17) is 14.2 Å². The number of benzene rings is 1. The molecular weight excluding hydrogens is 466 g/mol. The van der Waals surface area contributed by atoms with Crippen LogP contribution in [0.25, 0.3) is 0 Å². The van der Waals surface area contributed by atoms with Crippen LogP contribution in [0.3, 0.4) is 0 Å². The number of alkyl halides is 6. The van der Waals surface area contributed by atoms with Gasteiger partial charge in [0, 0.05) is 38.7 Å². The number of aromatic nitrogens is 1. The normalized spacial score (nSPS) is 19.2. The first kappa shape index (κ1) is 25.9. The van der Waals surface area contributed by atoms with E-state index in [0.717, 1.165) is 37.2 Å². The van der Waals surface area contributed by atoms with Crippen molar-refractivity contribution in [1.82, 2.24) is 4.98 Å². The van der Waals surface area contributed by atoms with Crippen molar-refractivity contribution < 1.29 is 40.6 Å². The highest BCUT2D eigenvalue weighted by atomic mass is 19.4. The summed E-state index contributed by atoms with van der Waals surface area (Å²) in [4.78, 5) is 5.88. The summed E-state index contributed by atoms with van der Waals surface area (Å²) in [5.74, 6) is 0.530. The van der Waals surface area contributed by atoms with Gasteiger partial charge in [0.1, 0.15) is 11.9 Å². The maximum absolute atomic E-state index is 13.1. The van der Waals surface area contributed by atoms with Crippen LogP contribution in [-0.2, 0) is 17.1 Å². The first-order valence-corrected chi connectivity index (χ1v) is 10.8. The van der Waals surface area contributed by atoms with Gasteiger partial charge in [-0.3, -0.25) is 0 Å². The largest absolute Gasteiger partial charge is 0.486 e. The van der Waals surface area contributed by atoms with Gasteiger partial charge in [-0.05, 0) is 36.8 Å². The van der Waals surface area contributed by atoms with Crippen LogP contribution in [0.4, 0.5) is 32.2 Å². The number of pyridine rings is 1. The molecule has 1 aliphatic rings. The molecule has 0 aliphatic carbocycles. The third-order valence-corrected chi connectivity index (χ3v) is 5.60. The van der Waals surface area contributed by atoms with Gasteiger partial charge >= 0.3 is 12.4 Å². The third-order valence-electron chi connectivity index (χ3n) is 5.60. The lowest BCUT2D eigenvalue weighted by molar-refractivity contribution is -0.138. The number of hydrogen-bond acceptors (Lipinski definition) is 5. The molecule has 1 saturated heterocycles. The minimum Gasteiger partial charge on any atom is -0.486 e. The molecule has 0 radical (unpaired) electrons. The molecule has 1 aliphatic heterocycles. The van der Waals surface area contributed by atoms with Gasteiger partial charge in [-0.25, -0.2) is 4.98 Å². The third kappa shape index (κ3) is 6.46. The number of rotatable bonds is 8. The van der Waals surface area contributed by atoms with E-state index in [2.05, 4.69) is 4.98 Å². The number of halogens is 6. The molecule has 34 heavy (non-hydrogen) atoms. The summed E-state index contributed by atoms with van der Waals surface area (Å²) in [7, 11) is 1.36. The van der Waals surface area contributed by atoms with E-state index < -0.39 is 23.5 Å². The molecule has 1 aromatic carbocycles. The zero-order valence-electron chi connectivity index (χ0n) is 18.7. The number of piperidine rings is 1. The molecule has 0 saturated carbocycles. The molecule has 0 N–H and O–H groups in total. The molecule has 0 unspecified atom stereocenters. The second-order valence-electron chi connectivity index (χ2n) is 8.05. The molecule has 3 rings (SSSR count). The zero-order valence-corrected chi connectivity index (χ0v) is 18.7. The molecule has 5 nitrogen and oxygen atoms in total. The minimum atomic E-state index is -4.53. The SMILES string of the molecule is CCC[C@H]1CN(c2ccc(C(F)(F)F)cn2)CC[C@H]1Oc1ccc(C(F)(F)F)cc1OCOC. The maximum atomic E-state index is 13.1. The molecule has 0 spiro atoms. The van der Waals surface area contributed by atoms with Gasteiger partial charge in [-0.1, -0.05) is 13.3 Å². The van der Waals surface area contributed by atoms with E-state index in [1.807, 2.05) is 11.8 Å². The fourth-order valence-corrected chi connectivity index (χ4v) is 3.94. The van der Waals surface area contributed by atoms with E-state index in [-0.39, 0.29) is 30.3 Å². The van der Waals surface area contributed by atoms with Crippen LogP contribution in [0.5, 0.6) is 11.5 Å². The van der Waals surface area contributed by atoms with Gasteiger partial charge in [0.05, 0.1) is 11.1 Å². The average molecular weight is 492 g/mol. The Morgan fingerprint density at radius 3 is 2.29 bits per heavy atom. The lowest BCUT2D eigenvalue weighted by atomic mass is 9.90. The first-order valence-electron chi connectivity index (χ1n) is 10.8. The van der Waals surface area contributed by atoms with Crippen LogP contribution >= 0.6 is 0 Å². The molecule has 1 fully saturated rings. The Labute approximate surface area is 193 Å². The van der Waals surface area contributed by atoms with Crippen LogP contribution in [0.15, 0.2) is 36.5 Å². The Kier molecular flexibility index (Phi) is 8.17. The van der Waals surface area contributed by atoms with E-state index in [1.165, 1.54) is 19.2 Å². The van der Waals surface area contributed by atoms with Crippen LogP contribution < -0.4 is 14.4 Å². The van der Waals surface area contributed by atoms with Crippen molar-refractivity contribution >= 4 is 5.82 Å². The topological polar surface area (TPSA) is 43.8 Å². The van der Waals surface area contributed by atoms with Gasteiger partial charge in [0.25, 0.3) is 0 Å². The highest BCUT2D eigenvalue weighted by Gasteiger charge is 2.35. The van der Waals surface area contributed by atoms with Crippen LogP contribution in [-0.4, -0.2) is 38.1 Å². The number of nitrogens with zero attached hydrogens (tertiary/aromatic N) is 2. The fourth-order valence-electron chi connectivity index (χ4n) is 3.94. The van der Waals surface area contributed by atoms with Crippen LogP contribution in [0.1, 0.15) is 37.3 Å². The lowest BCUT2D eigenvalue weighted by Gasteiger charge is -2.39. The molecule has 2 atom stereocenters. The summed E-state index contributed by atoms with van der Waals surface area (Å²) in [5.41, 5.74) is -1.68. The van der Waals surface area contributed by atoms with Gasteiger partial charge in [-0.15, -0.1) is 0 Å². The second-order valence-corrected chi connectivity index (χ2v) is 8.05. The second kappa shape index (κ2) is 10.7. The fraction of sp³-hybridized carbons (Fsp3) is 0.522. The highest BCUT2D eigenvalue weighted by Crippen LogP contribution is 2.38. The van der Waals surface area contributed by atoms with Crippen molar-refractivity contribution in [2.45, 2.75) is 44.6 Å². The van der Waals surface area contributed by atoms with Crippen molar-refractivity contribution in [3.8, 4) is 11.5 Å². The number of ether oxygens (including phenoxy) is 3. The number of methoxy groups -OCH3 is 1. The standard InChI is InChI=1S/C23H26F6N2O3/c1-3-4-15-13-31(21-8-6-17(12-30-21)23(27,28)29)10-9-18(15)34-19-7-5-16(22(24,25)26)11-20(19)33-14-32-2/h5-8,11-12,15,18H,3-4,9-10,13-14H2,1-2H3/t15-,18+/m0/s1. The lowest BCUT2D eigenvalue weighted by Crippen LogP contribution is -2.46. The molecule has 2 heterocycles. The van der Waals surface area contributed by atoms with Gasteiger partial charge in [0.15, 0.2) is 18.3 Å². The van der Waals surface area contributed by atoms with E-state index in [1.54, 1.807) is 0 Å². The minimum absolute atomic E-state index is 0.0135. The van der Waals surface area contributed by atoms with E-state index in [0.29, 0.717) is 25.3 Å². The number of hydrogen-bond donors (Lipinski definition) is 0. The van der Waals surface area contributed by atoms with Crippen LogP contribution in [0, 0.1) is 5.92 Å².